The maximum atomic E-state index is 13.6. The topological polar surface area (TPSA) is 128 Å². The van der Waals surface area contributed by atoms with Crippen LogP contribution in [0.1, 0.15) is 84.4 Å². The Morgan fingerprint density at radius 1 is 1.03 bits per heavy atom. The van der Waals surface area contributed by atoms with Gasteiger partial charge < -0.3 is 19.5 Å². The van der Waals surface area contributed by atoms with Gasteiger partial charge in [0.1, 0.15) is 16.2 Å². The zero-order valence-electron chi connectivity index (χ0n) is 22.1. The van der Waals surface area contributed by atoms with E-state index in [9.17, 15) is 24.0 Å². The van der Waals surface area contributed by atoms with Crippen molar-refractivity contribution in [2.24, 2.45) is 0 Å². The minimum atomic E-state index is -1.17. The monoisotopic (exact) mass is 542 g/mol. The first-order valence-corrected chi connectivity index (χ1v) is 13.0. The molecule has 1 atom stereocenters. The van der Waals surface area contributed by atoms with Gasteiger partial charge in [0.25, 0.3) is 11.8 Å². The Morgan fingerprint density at radius 3 is 2.32 bits per heavy atom. The molecule has 0 bridgehead atoms. The fraction of sp³-hybridized carbons (Fsp3) is 0.444. The van der Waals surface area contributed by atoms with E-state index >= 15 is 0 Å². The number of nitrogens with one attached hydrogen (secondary N) is 1. The molecule has 2 aromatic rings. The number of carbonyl (C=O) groups excluding carboxylic acids is 5. The third-order valence-electron chi connectivity index (χ3n) is 5.64. The molecule has 38 heavy (non-hydrogen) atoms. The number of rotatable bonds is 3. The minimum absolute atomic E-state index is 0.0412. The molecular weight excluding hydrogens is 512 g/mol. The number of anilines is 1. The van der Waals surface area contributed by atoms with Crippen LogP contribution < -0.4 is 5.32 Å². The molecule has 1 unspecified atom stereocenters. The van der Waals surface area contributed by atoms with E-state index in [1.54, 1.807) is 65.8 Å². The number of thiophene rings is 1. The highest BCUT2D eigenvalue weighted by Gasteiger charge is 2.42. The van der Waals surface area contributed by atoms with Crippen LogP contribution in [0.15, 0.2) is 24.3 Å². The number of imide groups is 1. The van der Waals surface area contributed by atoms with Crippen molar-refractivity contribution in [2.45, 2.75) is 71.8 Å². The molecule has 2 aliphatic rings. The standard InChI is InChI=1S/C27H30N2O8S/c1-26(2,3)36-24(33)17-16-11-12-35-18(23(32)29-13-14-9-7-8-10-15(14)22(29)31)19(16)38-21(17)28-20(30)25(34)37-27(4,5)6/h7-10,18H,11-13H2,1-6H3,(H,28,30). The van der Waals surface area contributed by atoms with Crippen molar-refractivity contribution in [3.05, 3.63) is 51.4 Å². The summed E-state index contributed by atoms with van der Waals surface area (Å²) in [7, 11) is 0. The third kappa shape index (κ3) is 5.63. The van der Waals surface area contributed by atoms with Crippen LogP contribution in [0.25, 0.3) is 0 Å². The van der Waals surface area contributed by atoms with Gasteiger partial charge in [0.2, 0.25) is 0 Å². The normalized spacial score (nSPS) is 16.9. The van der Waals surface area contributed by atoms with E-state index in [1.165, 1.54) is 0 Å². The molecule has 11 heteroatoms. The van der Waals surface area contributed by atoms with E-state index in [2.05, 4.69) is 5.32 Å². The summed E-state index contributed by atoms with van der Waals surface area (Å²) in [6, 6.07) is 6.96. The average molecular weight is 543 g/mol. The molecule has 0 fully saturated rings. The predicted octanol–water partition coefficient (Wildman–Crippen LogP) is 3.78. The van der Waals surface area contributed by atoms with Gasteiger partial charge in [0, 0.05) is 10.4 Å². The van der Waals surface area contributed by atoms with E-state index in [0.717, 1.165) is 21.8 Å². The molecule has 0 spiro atoms. The lowest BCUT2D eigenvalue weighted by Gasteiger charge is -2.26. The Bertz CT molecular complexity index is 1330. The minimum Gasteiger partial charge on any atom is -0.456 e. The van der Waals surface area contributed by atoms with Crippen LogP contribution >= 0.6 is 11.3 Å². The second-order valence-electron chi connectivity index (χ2n) is 11.0. The van der Waals surface area contributed by atoms with Crippen LogP contribution in [0.5, 0.6) is 0 Å². The molecule has 0 radical (unpaired) electrons. The molecular formula is C27H30N2O8S. The molecule has 3 heterocycles. The smallest absolute Gasteiger partial charge is 0.397 e. The lowest BCUT2D eigenvalue weighted by Crippen LogP contribution is -2.38. The van der Waals surface area contributed by atoms with Crippen LogP contribution in [-0.2, 0) is 41.6 Å². The van der Waals surface area contributed by atoms with E-state index < -0.39 is 47.0 Å². The first-order valence-electron chi connectivity index (χ1n) is 12.1. The number of benzene rings is 1. The average Bonchev–Trinajstić information content (AvgIpc) is 3.34. The highest BCUT2D eigenvalue weighted by molar-refractivity contribution is 7.17. The van der Waals surface area contributed by atoms with Gasteiger partial charge in [-0.25, -0.2) is 9.59 Å². The summed E-state index contributed by atoms with van der Waals surface area (Å²) in [5, 5.41) is 2.51. The molecule has 1 aromatic heterocycles. The number of nitrogens with zero attached hydrogens (tertiary/aromatic N) is 1. The molecule has 0 saturated carbocycles. The number of amides is 3. The molecule has 2 aliphatic heterocycles. The SMILES string of the molecule is CC(C)(C)OC(=O)C(=O)Nc1sc2c(c1C(=O)OC(C)(C)C)CCOC2C(=O)N1Cc2ccccc2C1=O. The summed E-state index contributed by atoms with van der Waals surface area (Å²) in [5.74, 6) is -3.91. The molecule has 202 valence electrons. The molecule has 0 saturated heterocycles. The third-order valence-corrected chi connectivity index (χ3v) is 6.83. The number of hydrogen-bond donors (Lipinski definition) is 1. The van der Waals surface area contributed by atoms with Gasteiger partial charge in [-0.1, -0.05) is 18.2 Å². The second kappa shape index (κ2) is 9.95. The summed E-state index contributed by atoms with van der Waals surface area (Å²) in [6.07, 6.45) is -0.906. The van der Waals surface area contributed by atoms with E-state index in [-0.39, 0.29) is 30.1 Å². The summed E-state index contributed by atoms with van der Waals surface area (Å²) >= 11 is 0.936. The lowest BCUT2D eigenvalue weighted by atomic mass is 10.0. The first kappa shape index (κ1) is 27.5. The van der Waals surface area contributed by atoms with Crippen LogP contribution in [0, 0.1) is 0 Å². The van der Waals surface area contributed by atoms with E-state index in [1.807, 2.05) is 0 Å². The maximum Gasteiger partial charge on any atom is 0.397 e. The fourth-order valence-corrected chi connectivity index (χ4v) is 5.44. The Labute approximate surface area is 224 Å². The van der Waals surface area contributed by atoms with Crippen LogP contribution in [0.4, 0.5) is 5.00 Å². The maximum absolute atomic E-state index is 13.6. The Kier molecular flexibility index (Phi) is 7.19. The van der Waals surface area contributed by atoms with Gasteiger partial charge in [-0.15, -0.1) is 11.3 Å². The van der Waals surface area contributed by atoms with Gasteiger partial charge in [-0.05, 0) is 65.2 Å². The van der Waals surface area contributed by atoms with Crippen molar-refractivity contribution >= 4 is 46.0 Å². The van der Waals surface area contributed by atoms with Gasteiger partial charge in [-0.3, -0.25) is 19.3 Å². The molecule has 3 amide bonds. The zero-order chi connectivity index (χ0) is 28.0. The summed E-state index contributed by atoms with van der Waals surface area (Å²) in [5.41, 5.74) is -0.0449. The summed E-state index contributed by atoms with van der Waals surface area (Å²) < 4.78 is 16.5. The van der Waals surface area contributed by atoms with Crippen molar-refractivity contribution in [3.8, 4) is 0 Å². The highest BCUT2D eigenvalue weighted by Crippen LogP contribution is 2.43. The molecule has 10 nitrogen and oxygen atoms in total. The van der Waals surface area contributed by atoms with Crippen molar-refractivity contribution in [1.82, 2.24) is 4.90 Å². The Hall–Kier alpha value is -3.57. The molecule has 1 aromatic carbocycles. The molecule has 4 rings (SSSR count). The van der Waals surface area contributed by atoms with Gasteiger partial charge in [0.15, 0.2) is 6.10 Å². The van der Waals surface area contributed by atoms with Crippen LogP contribution in [0.3, 0.4) is 0 Å². The number of esters is 2. The summed E-state index contributed by atoms with van der Waals surface area (Å²) in [6.45, 7) is 10.2. The number of fused-ring (bicyclic) bond motifs is 2. The van der Waals surface area contributed by atoms with E-state index in [0.29, 0.717) is 16.0 Å². The Morgan fingerprint density at radius 2 is 1.68 bits per heavy atom. The highest BCUT2D eigenvalue weighted by atomic mass is 32.1. The van der Waals surface area contributed by atoms with Crippen molar-refractivity contribution in [2.75, 3.05) is 11.9 Å². The van der Waals surface area contributed by atoms with Crippen LogP contribution in [-0.4, -0.2) is 52.4 Å². The summed E-state index contributed by atoms with van der Waals surface area (Å²) in [4.78, 5) is 66.2. The second-order valence-corrected chi connectivity index (χ2v) is 12.0. The Balaban J connectivity index is 1.69. The largest absolute Gasteiger partial charge is 0.456 e. The van der Waals surface area contributed by atoms with Gasteiger partial charge in [-0.2, -0.15) is 0 Å². The molecule has 0 aliphatic carbocycles. The zero-order valence-corrected chi connectivity index (χ0v) is 22.9. The fourth-order valence-electron chi connectivity index (χ4n) is 4.17. The molecule has 1 N–H and O–H groups in total. The van der Waals surface area contributed by atoms with Gasteiger partial charge in [0.05, 0.1) is 18.7 Å². The van der Waals surface area contributed by atoms with Gasteiger partial charge >= 0.3 is 17.8 Å². The quantitative estimate of drug-likeness (QED) is 0.353. The van der Waals surface area contributed by atoms with Crippen molar-refractivity contribution in [3.63, 3.8) is 0 Å². The number of carbonyl (C=O) groups is 5. The van der Waals surface area contributed by atoms with Crippen molar-refractivity contribution in [1.29, 1.82) is 0 Å². The number of ether oxygens (including phenoxy) is 3. The van der Waals surface area contributed by atoms with Crippen molar-refractivity contribution < 1.29 is 38.2 Å². The lowest BCUT2D eigenvalue weighted by molar-refractivity contribution is -0.161. The first-order chi connectivity index (χ1) is 17.7. The van der Waals surface area contributed by atoms with Crippen LogP contribution in [0.2, 0.25) is 0 Å². The van der Waals surface area contributed by atoms with E-state index in [4.69, 9.17) is 14.2 Å². The predicted molar refractivity (Wildman–Crippen MR) is 138 cm³/mol. The number of hydrogen-bond acceptors (Lipinski definition) is 9.